The monoisotopic (exact) mass is 674 g/mol. The smallest absolute Gasteiger partial charge is 0.251 e. The number of alkyl halides is 1. The number of rotatable bonds is 11. The van der Waals surface area contributed by atoms with Crippen LogP contribution in [0.15, 0.2) is 48.7 Å². The second kappa shape index (κ2) is 17.0. The average molecular weight is 675 g/mol. The molecule has 1 spiro atoms. The van der Waals surface area contributed by atoms with Gasteiger partial charge in [0, 0.05) is 49.5 Å². The zero-order valence-corrected chi connectivity index (χ0v) is 29.4. The van der Waals surface area contributed by atoms with Gasteiger partial charge in [-0.15, -0.1) is 0 Å². The van der Waals surface area contributed by atoms with Crippen molar-refractivity contribution in [2.24, 2.45) is 0 Å². The number of benzene rings is 2. The number of amides is 1. The van der Waals surface area contributed by atoms with E-state index in [2.05, 4.69) is 37.6 Å². The minimum absolute atomic E-state index is 0.0370. The molecule has 3 N–H and O–H groups in total. The maximum atomic E-state index is 13.3. The van der Waals surface area contributed by atoms with Crippen LogP contribution >= 0.6 is 0 Å². The van der Waals surface area contributed by atoms with Crippen LogP contribution in [-0.4, -0.2) is 79.6 Å². The van der Waals surface area contributed by atoms with Crippen molar-refractivity contribution < 1.29 is 18.7 Å². The SMILES string of the molecule is COc1ccc(-c2cnc3n2C2(CCCCCCCCC2)CNC3Nc2ccc(C(=O)NCCOCCN3CCC(F)CC3)c(C)c2)cc1. The first-order valence-corrected chi connectivity index (χ1v) is 18.5. The van der Waals surface area contributed by atoms with E-state index in [0.29, 0.717) is 38.2 Å². The summed E-state index contributed by atoms with van der Waals surface area (Å²) in [6.07, 6.45) is 13.7. The van der Waals surface area contributed by atoms with E-state index < -0.39 is 6.17 Å². The molecule has 0 radical (unpaired) electrons. The lowest BCUT2D eigenvalue weighted by Crippen LogP contribution is -2.52. The third-order valence-electron chi connectivity index (χ3n) is 10.7. The van der Waals surface area contributed by atoms with Gasteiger partial charge in [-0.2, -0.15) is 0 Å². The summed E-state index contributed by atoms with van der Waals surface area (Å²) in [5, 5.41) is 10.5. The number of fused-ring (bicyclic) bond motifs is 2. The molecule has 1 amide bonds. The molecule has 2 fully saturated rings. The maximum Gasteiger partial charge on any atom is 0.251 e. The Morgan fingerprint density at radius 3 is 2.41 bits per heavy atom. The Morgan fingerprint density at radius 2 is 1.71 bits per heavy atom. The highest BCUT2D eigenvalue weighted by molar-refractivity contribution is 5.96. The molecule has 9 nitrogen and oxygen atoms in total. The molecule has 266 valence electrons. The van der Waals surface area contributed by atoms with Gasteiger partial charge in [0.15, 0.2) is 0 Å². The predicted octanol–water partition coefficient (Wildman–Crippen LogP) is 6.98. The Morgan fingerprint density at radius 1 is 1.00 bits per heavy atom. The zero-order chi connectivity index (χ0) is 34.1. The van der Waals surface area contributed by atoms with E-state index in [-0.39, 0.29) is 17.6 Å². The van der Waals surface area contributed by atoms with Gasteiger partial charge in [-0.05, 0) is 80.6 Å². The number of halogens is 1. The highest BCUT2D eigenvalue weighted by Gasteiger charge is 2.41. The lowest BCUT2D eigenvalue weighted by atomic mass is 9.82. The van der Waals surface area contributed by atoms with Crippen molar-refractivity contribution in [2.75, 3.05) is 58.4 Å². The second-order valence-corrected chi connectivity index (χ2v) is 14.1. The number of carbonyl (C=O) groups excluding carboxylic acids is 1. The van der Waals surface area contributed by atoms with Crippen LogP contribution in [0.1, 0.15) is 98.5 Å². The fraction of sp³-hybridized carbons (Fsp3) is 0.590. The Hall–Kier alpha value is -3.47. The fourth-order valence-electron chi connectivity index (χ4n) is 7.86. The van der Waals surface area contributed by atoms with Crippen LogP contribution in [0.3, 0.4) is 0 Å². The van der Waals surface area contributed by atoms with Crippen molar-refractivity contribution in [2.45, 2.75) is 95.4 Å². The minimum Gasteiger partial charge on any atom is -0.497 e. The summed E-state index contributed by atoms with van der Waals surface area (Å²) in [6.45, 7) is 6.70. The molecule has 10 heteroatoms. The van der Waals surface area contributed by atoms with Gasteiger partial charge in [-0.3, -0.25) is 10.1 Å². The first-order chi connectivity index (χ1) is 24.0. The first kappa shape index (κ1) is 35.4. The Labute approximate surface area is 291 Å². The molecule has 3 aromatic rings. The molecule has 2 aromatic carbocycles. The van der Waals surface area contributed by atoms with E-state index in [1.807, 2.05) is 43.5 Å². The lowest BCUT2D eigenvalue weighted by molar-refractivity contribution is 0.0785. The highest BCUT2D eigenvalue weighted by atomic mass is 19.1. The number of nitrogens with zero attached hydrogens (tertiary/aromatic N) is 3. The summed E-state index contributed by atoms with van der Waals surface area (Å²) in [7, 11) is 1.70. The molecular weight excluding hydrogens is 619 g/mol. The summed E-state index contributed by atoms with van der Waals surface area (Å²) in [6, 6.07) is 14.2. The van der Waals surface area contributed by atoms with Crippen LogP contribution in [-0.2, 0) is 10.3 Å². The van der Waals surface area contributed by atoms with Gasteiger partial charge < -0.3 is 29.6 Å². The van der Waals surface area contributed by atoms with Crippen LogP contribution in [0, 0.1) is 6.92 Å². The van der Waals surface area contributed by atoms with Crippen LogP contribution in [0.4, 0.5) is 10.1 Å². The van der Waals surface area contributed by atoms with Crippen molar-refractivity contribution in [3.05, 3.63) is 65.6 Å². The van der Waals surface area contributed by atoms with Gasteiger partial charge >= 0.3 is 0 Å². The quantitative estimate of drug-likeness (QED) is 0.189. The Balaban J connectivity index is 1.11. The molecule has 3 heterocycles. The van der Waals surface area contributed by atoms with Crippen molar-refractivity contribution in [3.8, 4) is 17.0 Å². The minimum atomic E-state index is -0.662. The molecule has 3 aliphatic rings. The molecule has 2 aliphatic heterocycles. The summed E-state index contributed by atoms with van der Waals surface area (Å²) in [5.74, 6) is 1.74. The largest absolute Gasteiger partial charge is 0.497 e. The van der Waals surface area contributed by atoms with Crippen LogP contribution < -0.4 is 20.7 Å². The molecule has 1 unspecified atom stereocenters. The van der Waals surface area contributed by atoms with Gasteiger partial charge in [-0.1, -0.05) is 44.9 Å². The number of hydrogen-bond donors (Lipinski definition) is 3. The highest BCUT2D eigenvalue weighted by Crippen LogP contribution is 2.41. The maximum absolute atomic E-state index is 13.3. The molecular formula is C39H55FN6O3. The average Bonchev–Trinajstić information content (AvgIpc) is 3.58. The van der Waals surface area contributed by atoms with Crippen molar-refractivity contribution in [1.82, 2.24) is 25.1 Å². The number of piperidine rings is 1. The van der Waals surface area contributed by atoms with Gasteiger partial charge in [0.2, 0.25) is 0 Å². The van der Waals surface area contributed by atoms with Gasteiger partial charge in [0.05, 0.1) is 37.8 Å². The molecule has 0 bridgehead atoms. The molecule has 1 saturated carbocycles. The van der Waals surface area contributed by atoms with E-state index in [9.17, 15) is 9.18 Å². The number of nitrogens with one attached hydrogen (secondary N) is 3. The summed E-state index contributed by atoms with van der Waals surface area (Å²) < 4.78 is 27.1. The van der Waals surface area contributed by atoms with Gasteiger partial charge in [-0.25, -0.2) is 9.37 Å². The molecule has 1 aromatic heterocycles. The molecule has 1 atom stereocenters. The van der Waals surface area contributed by atoms with Gasteiger partial charge in [0.25, 0.3) is 5.91 Å². The molecule has 1 saturated heterocycles. The number of likely N-dealkylation sites (tertiary alicyclic amines) is 1. The van der Waals surface area contributed by atoms with E-state index in [1.54, 1.807) is 7.11 Å². The first-order valence-electron chi connectivity index (χ1n) is 18.5. The summed E-state index contributed by atoms with van der Waals surface area (Å²) >= 11 is 0. The number of anilines is 1. The lowest BCUT2D eigenvalue weighted by Gasteiger charge is -2.45. The summed E-state index contributed by atoms with van der Waals surface area (Å²) in [5.41, 5.74) is 4.75. The van der Waals surface area contributed by atoms with Crippen LogP contribution in [0.5, 0.6) is 5.75 Å². The normalized spacial score (nSPS) is 20.4. The van der Waals surface area contributed by atoms with Gasteiger partial charge in [0.1, 0.15) is 23.9 Å². The summed E-state index contributed by atoms with van der Waals surface area (Å²) in [4.78, 5) is 20.3. The van der Waals surface area contributed by atoms with E-state index in [4.69, 9.17) is 14.5 Å². The predicted molar refractivity (Wildman–Crippen MR) is 193 cm³/mol. The van der Waals surface area contributed by atoms with Crippen molar-refractivity contribution in [1.29, 1.82) is 0 Å². The van der Waals surface area contributed by atoms with E-state index in [0.717, 1.165) is 73.1 Å². The third kappa shape index (κ3) is 8.83. The van der Waals surface area contributed by atoms with Crippen LogP contribution in [0.2, 0.25) is 0 Å². The number of hydrogen-bond acceptors (Lipinski definition) is 7. The number of aryl methyl sites for hydroxylation is 1. The number of ether oxygens (including phenoxy) is 2. The van der Waals surface area contributed by atoms with E-state index in [1.165, 1.54) is 44.9 Å². The number of methoxy groups -OCH3 is 1. The zero-order valence-electron chi connectivity index (χ0n) is 29.4. The molecule has 49 heavy (non-hydrogen) atoms. The van der Waals surface area contributed by atoms with Crippen molar-refractivity contribution >= 4 is 11.6 Å². The van der Waals surface area contributed by atoms with E-state index >= 15 is 0 Å². The second-order valence-electron chi connectivity index (χ2n) is 14.1. The Kier molecular flexibility index (Phi) is 12.2. The number of carbonyl (C=O) groups is 1. The van der Waals surface area contributed by atoms with Crippen LogP contribution in [0.25, 0.3) is 11.3 Å². The fourth-order valence-corrected chi connectivity index (χ4v) is 7.86. The third-order valence-corrected chi connectivity index (χ3v) is 10.7. The Bertz CT molecular complexity index is 1490. The molecule has 1 aliphatic carbocycles. The number of imidazole rings is 1. The molecule has 6 rings (SSSR count). The number of aromatic nitrogens is 2. The van der Waals surface area contributed by atoms with Crippen molar-refractivity contribution in [3.63, 3.8) is 0 Å². The topological polar surface area (TPSA) is 92.7 Å². The standard InChI is InChI=1S/C39H55FN6O3/c1-29-26-32(12-15-34(29)38(47)41-20-24-49-25-23-45-21-16-31(40)17-22-45)44-36-37-42-27-35(30-10-13-33(48-2)14-11-30)46(37)39(28-43-36)18-8-6-4-3-5-7-9-19-39/h10-15,26-27,31,36,43-44H,3-9,16-25,28H2,1-2H3,(H,41,47).